The summed E-state index contributed by atoms with van der Waals surface area (Å²) in [6.45, 7) is 1.75. The predicted octanol–water partition coefficient (Wildman–Crippen LogP) is 1.78. The molecule has 0 amide bonds. The first-order valence-corrected chi connectivity index (χ1v) is 4.45. The van der Waals surface area contributed by atoms with E-state index < -0.39 is 0 Å². The number of nitrogens with one attached hydrogen (secondary N) is 1. The molecule has 1 aromatic rings. The average Bonchev–Trinajstić information content (AvgIpc) is 2.23. The number of aldehydes is 1. The predicted molar refractivity (Wildman–Crippen MR) is 53.6 cm³/mol. The van der Waals surface area contributed by atoms with Crippen molar-refractivity contribution in [3.8, 4) is 0 Å². The fourth-order valence-corrected chi connectivity index (χ4v) is 1.67. The van der Waals surface area contributed by atoms with Crippen LogP contribution in [0.3, 0.4) is 0 Å². The lowest BCUT2D eigenvalue weighted by atomic mass is 9.95. The molecule has 2 N–H and O–H groups in total. The second-order valence-corrected chi connectivity index (χ2v) is 3.32. The zero-order chi connectivity index (χ0) is 10.1. The minimum Gasteiger partial charge on any atom is -0.506 e. The maximum atomic E-state index is 10.8. The zero-order valence-corrected chi connectivity index (χ0v) is 7.82. The number of aliphatic hydroxyl groups is 1. The highest BCUT2D eigenvalue weighted by Gasteiger charge is 2.22. The van der Waals surface area contributed by atoms with E-state index in [0.717, 1.165) is 17.4 Å². The van der Waals surface area contributed by atoms with Crippen LogP contribution < -0.4 is 5.32 Å². The summed E-state index contributed by atoms with van der Waals surface area (Å²) in [5.74, 6) is 0.221. The van der Waals surface area contributed by atoms with Crippen molar-refractivity contribution < 1.29 is 9.90 Å². The van der Waals surface area contributed by atoms with Crippen LogP contribution in [0.25, 0.3) is 5.76 Å². The molecular weight excluding hydrogens is 178 g/mol. The molecule has 0 aliphatic carbocycles. The summed E-state index contributed by atoms with van der Waals surface area (Å²) in [5.41, 5.74) is 2.20. The molecule has 1 unspecified atom stereocenters. The van der Waals surface area contributed by atoms with Crippen LogP contribution in [0.1, 0.15) is 24.1 Å². The summed E-state index contributed by atoms with van der Waals surface area (Å²) in [4.78, 5) is 10.8. The van der Waals surface area contributed by atoms with Gasteiger partial charge < -0.3 is 15.2 Å². The molecule has 0 spiro atoms. The first-order chi connectivity index (χ1) is 6.74. The fourth-order valence-electron chi connectivity index (χ4n) is 1.67. The van der Waals surface area contributed by atoms with E-state index in [1.54, 1.807) is 6.92 Å². The first kappa shape index (κ1) is 8.81. The molecule has 14 heavy (non-hydrogen) atoms. The van der Waals surface area contributed by atoms with E-state index in [4.69, 9.17) is 0 Å². The Morgan fingerprint density at radius 2 is 2.14 bits per heavy atom. The van der Waals surface area contributed by atoms with Gasteiger partial charge in [-0.2, -0.15) is 0 Å². The van der Waals surface area contributed by atoms with Gasteiger partial charge in [0.25, 0.3) is 0 Å². The molecule has 2 rings (SSSR count). The lowest BCUT2D eigenvalue weighted by Crippen LogP contribution is -2.26. The van der Waals surface area contributed by atoms with Crippen LogP contribution in [0.2, 0.25) is 0 Å². The van der Waals surface area contributed by atoms with Crippen LogP contribution in [-0.4, -0.2) is 11.4 Å². The number of rotatable bonds is 1. The third-order valence-electron chi connectivity index (χ3n) is 2.41. The van der Waals surface area contributed by atoms with Crippen molar-refractivity contribution in [3.63, 3.8) is 0 Å². The van der Waals surface area contributed by atoms with Gasteiger partial charge >= 0.3 is 0 Å². The Hall–Kier alpha value is -1.77. The van der Waals surface area contributed by atoms with Gasteiger partial charge in [0, 0.05) is 5.56 Å². The Kier molecular flexibility index (Phi) is 2.00. The van der Waals surface area contributed by atoms with Crippen molar-refractivity contribution in [2.75, 3.05) is 0 Å². The second kappa shape index (κ2) is 3.18. The summed E-state index contributed by atoms with van der Waals surface area (Å²) in [6.07, 6.45) is 0.842. The average molecular weight is 189 g/mol. The normalized spacial score (nSPS) is 19.9. The SMILES string of the molecule is CC1=C(O)c2ccccc2C(C=O)N1. The Balaban J connectivity index is 2.62. The van der Waals surface area contributed by atoms with Crippen molar-refractivity contribution in [1.82, 2.24) is 5.32 Å². The van der Waals surface area contributed by atoms with Crippen LogP contribution in [0.4, 0.5) is 0 Å². The molecule has 0 saturated heterocycles. The molecular formula is C11H11NO2. The molecule has 1 aliphatic heterocycles. The van der Waals surface area contributed by atoms with Crippen LogP contribution in [-0.2, 0) is 4.79 Å². The van der Waals surface area contributed by atoms with Crippen LogP contribution >= 0.6 is 0 Å². The van der Waals surface area contributed by atoms with Crippen LogP contribution in [0.15, 0.2) is 30.0 Å². The lowest BCUT2D eigenvalue weighted by Gasteiger charge is -2.24. The summed E-state index contributed by atoms with van der Waals surface area (Å²) in [7, 11) is 0. The number of fused-ring (bicyclic) bond motifs is 1. The summed E-state index contributed by atoms with van der Waals surface area (Å²) in [6, 6.07) is 7.00. The maximum Gasteiger partial charge on any atom is 0.146 e. The number of carbonyl (C=O) groups excluding carboxylic acids is 1. The van der Waals surface area contributed by atoms with E-state index in [1.807, 2.05) is 24.3 Å². The highest BCUT2D eigenvalue weighted by atomic mass is 16.3. The maximum absolute atomic E-state index is 10.8. The topological polar surface area (TPSA) is 49.3 Å². The molecule has 1 aliphatic rings. The van der Waals surface area contributed by atoms with Crippen molar-refractivity contribution in [3.05, 3.63) is 41.1 Å². The molecule has 1 atom stereocenters. The first-order valence-electron chi connectivity index (χ1n) is 4.45. The molecule has 0 bridgehead atoms. The number of hydrogen-bond donors (Lipinski definition) is 2. The van der Waals surface area contributed by atoms with Gasteiger partial charge in [0.1, 0.15) is 18.1 Å². The smallest absolute Gasteiger partial charge is 0.146 e. The van der Waals surface area contributed by atoms with Gasteiger partial charge in [-0.15, -0.1) is 0 Å². The summed E-state index contributed by atoms with van der Waals surface area (Å²) >= 11 is 0. The van der Waals surface area contributed by atoms with Gasteiger partial charge in [-0.05, 0) is 12.5 Å². The van der Waals surface area contributed by atoms with E-state index in [0.29, 0.717) is 5.70 Å². The van der Waals surface area contributed by atoms with Crippen LogP contribution in [0.5, 0.6) is 0 Å². The number of aliphatic hydroxyl groups excluding tert-OH is 1. The quantitative estimate of drug-likeness (QED) is 0.662. The van der Waals surface area contributed by atoms with Gasteiger partial charge in [0.2, 0.25) is 0 Å². The Morgan fingerprint density at radius 1 is 1.43 bits per heavy atom. The van der Waals surface area contributed by atoms with E-state index >= 15 is 0 Å². The van der Waals surface area contributed by atoms with Gasteiger partial charge in [0.15, 0.2) is 0 Å². The molecule has 1 heterocycles. The van der Waals surface area contributed by atoms with Gasteiger partial charge in [-0.3, -0.25) is 0 Å². The molecule has 0 radical (unpaired) electrons. The van der Waals surface area contributed by atoms with E-state index in [1.165, 1.54) is 0 Å². The zero-order valence-electron chi connectivity index (χ0n) is 7.82. The number of benzene rings is 1. The van der Waals surface area contributed by atoms with Crippen molar-refractivity contribution in [1.29, 1.82) is 0 Å². The molecule has 72 valence electrons. The van der Waals surface area contributed by atoms with Gasteiger partial charge in [-0.25, -0.2) is 0 Å². The highest BCUT2D eigenvalue weighted by molar-refractivity contribution is 5.74. The van der Waals surface area contributed by atoms with Crippen molar-refractivity contribution >= 4 is 12.0 Å². The van der Waals surface area contributed by atoms with E-state index in [9.17, 15) is 9.90 Å². The Labute approximate surface area is 82.1 Å². The molecule has 1 aromatic carbocycles. The van der Waals surface area contributed by atoms with E-state index in [-0.39, 0.29) is 11.8 Å². The molecule has 0 fully saturated rings. The fraction of sp³-hybridized carbons (Fsp3) is 0.182. The van der Waals surface area contributed by atoms with Gasteiger partial charge in [-0.1, -0.05) is 24.3 Å². The molecule has 0 saturated carbocycles. The standard InChI is InChI=1S/C11H11NO2/c1-7-11(14)9-5-3-2-4-8(9)10(6-13)12-7/h2-6,10,12,14H,1H3. The monoisotopic (exact) mass is 189 g/mol. The Bertz CT molecular complexity index is 410. The Morgan fingerprint density at radius 3 is 2.86 bits per heavy atom. The third kappa shape index (κ3) is 1.18. The van der Waals surface area contributed by atoms with Crippen molar-refractivity contribution in [2.45, 2.75) is 13.0 Å². The number of carbonyl (C=O) groups is 1. The highest BCUT2D eigenvalue weighted by Crippen LogP contribution is 2.29. The number of hydrogen-bond acceptors (Lipinski definition) is 3. The van der Waals surface area contributed by atoms with Crippen molar-refractivity contribution in [2.24, 2.45) is 0 Å². The summed E-state index contributed by atoms with van der Waals surface area (Å²) in [5, 5.41) is 12.7. The van der Waals surface area contributed by atoms with Crippen LogP contribution in [0, 0.1) is 0 Å². The lowest BCUT2D eigenvalue weighted by molar-refractivity contribution is -0.109. The molecule has 3 heteroatoms. The molecule has 3 nitrogen and oxygen atoms in total. The second-order valence-electron chi connectivity index (χ2n) is 3.32. The minimum absolute atomic E-state index is 0.221. The summed E-state index contributed by atoms with van der Waals surface area (Å²) < 4.78 is 0. The number of allylic oxidation sites excluding steroid dienone is 1. The van der Waals surface area contributed by atoms with Gasteiger partial charge in [0.05, 0.1) is 5.70 Å². The van der Waals surface area contributed by atoms with E-state index in [2.05, 4.69) is 5.32 Å². The largest absolute Gasteiger partial charge is 0.506 e. The molecule has 0 aromatic heterocycles. The minimum atomic E-state index is -0.345. The third-order valence-corrected chi connectivity index (χ3v) is 2.41.